The van der Waals surface area contributed by atoms with Gasteiger partial charge in [0, 0.05) is 64.6 Å². The number of hydrogen-bond donors (Lipinski definition) is 1. The summed E-state index contributed by atoms with van der Waals surface area (Å²) in [6, 6.07) is 2.86. The Kier molecular flexibility index (Phi) is 10.6. The fourth-order valence-electron chi connectivity index (χ4n) is 4.88. The van der Waals surface area contributed by atoms with Gasteiger partial charge in [0.2, 0.25) is 5.91 Å². The molecule has 228 valence electrons. The standard InChI is InChI=1S/C26H33F3N8O2.O2S/c1-3-4-23(38)31-22-14-20(26(27,28)29)19(15-30-22)24-32-25(36-9-11-39-12-10-36)21-13-18(17-37(21)33-24)16-35-7-5-34(2)6-8-35;1-3-2/h13-15,17H,3-12,16H2,1-2H3,(H,30,31,38);. The van der Waals surface area contributed by atoms with Crippen molar-refractivity contribution in [3.05, 3.63) is 35.7 Å². The zero-order valence-electron chi connectivity index (χ0n) is 23.4. The van der Waals surface area contributed by atoms with Crippen molar-refractivity contribution in [2.24, 2.45) is 0 Å². The number of anilines is 2. The molecule has 2 saturated heterocycles. The number of hydrogen-bond acceptors (Lipinski definition) is 10. The van der Waals surface area contributed by atoms with Gasteiger partial charge in [0.05, 0.1) is 24.3 Å². The Balaban J connectivity index is 0.00000129. The van der Waals surface area contributed by atoms with Crippen molar-refractivity contribution >= 4 is 34.6 Å². The predicted octanol–water partition coefficient (Wildman–Crippen LogP) is 2.46. The first kappa shape index (κ1) is 31.5. The van der Waals surface area contributed by atoms with Crippen molar-refractivity contribution in [2.75, 3.05) is 69.7 Å². The number of carbonyl (C=O) groups is 1. The minimum absolute atomic E-state index is 0.0861. The van der Waals surface area contributed by atoms with Gasteiger partial charge in [-0.1, -0.05) is 6.92 Å². The molecule has 5 rings (SSSR count). The van der Waals surface area contributed by atoms with E-state index < -0.39 is 29.2 Å². The quantitative estimate of drug-likeness (QED) is 0.427. The molecule has 0 saturated carbocycles. The maximum absolute atomic E-state index is 14.2. The average Bonchev–Trinajstić information content (AvgIpc) is 3.36. The molecule has 0 aliphatic carbocycles. The number of likely N-dealkylation sites (N-methyl/N-ethyl adjacent to an activating group) is 1. The molecular formula is C26H33F3N8O4S. The molecule has 1 amide bonds. The highest BCUT2D eigenvalue weighted by Gasteiger charge is 2.36. The first-order valence-electron chi connectivity index (χ1n) is 13.5. The van der Waals surface area contributed by atoms with Gasteiger partial charge in [0.25, 0.3) is 0 Å². The van der Waals surface area contributed by atoms with E-state index in [0.29, 0.717) is 38.5 Å². The Morgan fingerprint density at radius 2 is 1.79 bits per heavy atom. The molecule has 0 atom stereocenters. The molecule has 5 heterocycles. The number of nitrogens with zero attached hydrogens (tertiary/aromatic N) is 7. The van der Waals surface area contributed by atoms with Gasteiger partial charge in [0.15, 0.2) is 11.6 Å². The van der Waals surface area contributed by atoms with Gasteiger partial charge >= 0.3 is 17.7 Å². The van der Waals surface area contributed by atoms with Gasteiger partial charge in [0.1, 0.15) is 11.3 Å². The smallest absolute Gasteiger partial charge is 0.378 e. The minimum atomic E-state index is -4.71. The fraction of sp³-hybridized carbons (Fsp3) is 0.538. The van der Waals surface area contributed by atoms with Crippen LogP contribution in [-0.2, 0) is 33.8 Å². The maximum atomic E-state index is 14.2. The van der Waals surface area contributed by atoms with Crippen LogP contribution in [0.1, 0.15) is 30.9 Å². The second-order valence-corrected chi connectivity index (χ2v) is 10.2. The lowest BCUT2D eigenvalue weighted by atomic mass is 10.1. The van der Waals surface area contributed by atoms with Crippen LogP contribution in [0.25, 0.3) is 16.9 Å². The van der Waals surface area contributed by atoms with E-state index in [4.69, 9.17) is 13.2 Å². The van der Waals surface area contributed by atoms with Crippen LogP contribution in [0.4, 0.5) is 24.8 Å². The number of rotatable bonds is 7. The highest BCUT2D eigenvalue weighted by atomic mass is 32.1. The van der Waals surface area contributed by atoms with E-state index in [1.165, 1.54) is 0 Å². The van der Waals surface area contributed by atoms with Crippen LogP contribution in [0.15, 0.2) is 24.5 Å². The van der Waals surface area contributed by atoms with E-state index in [1.807, 2.05) is 24.1 Å². The summed E-state index contributed by atoms with van der Waals surface area (Å²) in [5, 5.41) is 6.96. The number of carbonyl (C=O) groups excluding carboxylic acids is 1. The SMILES string of the molecule is CCCC(=O)Nc1cc(C(F)(F)F)c(-c2nc(N3CCOCC3)c3cc(CN4CCN(C)CC4)cn3n2)cn1.O=S=O. The van der Waals surface area contributed by atoms with Crippen LogP contribution in [0.2, 0.25) is 0 Å². The topological polar surface area (TPSA) is 125 Å². The van der Waals surface area contributed by atoms with Gasteiger partial charge in [-0.25, -0.2) is 14.5 Å². The number of pyridine rings is 1. The second-order valence-electron chi connectivity index (χ2n) is 10.1. The van der Waals surface area contributed by atoms with Crippen LogP contribution in [0.5, 0.6) is 0 Å². The van der Waals surface area contributed by atoms with Gasteiger partial charge in [-0.2, -0.15) is 21.6 Å². The first-order chi connectivity index (χ1) is 20.1. The van der Waals surface area contributed by atoms with E-state index in [2.05, 4.69) is 37.2 Å². The van der Waals surface area contributed by atoms with Crippen LogP contribution < -0.4 is 10.2 Å². The number of amides is 1. The Bertz CT molecular complexity index is 1420. The summed E-state index contributed by atoms with van der Waals surface area (Å²) in [6.45, 7) is 8.52. The Hall–Kier alpha value is -3.47. The van der Waals surface area contributed by atoms with Crippen LogP contribution in [0, 0.1) is 0 Å². The third-order valence-corrected chi connectivity index (χ3v) is 7.01. The van der Waals surface area contributed by atoms with Crippen molar-refractivity contribution in [1.29, 1.82) is 0 Å². The van der Waals surface area contributed by atoms with E-state index in [1.54, 1.807) is 4.52 Å². The highest BCUT2D eigenvalue weighted by molar-refractivity contribution is 7.51. The summed E-state index contributed by atoms with van der Waals surface area (Å²) in [6.07, 6.45) is -0.991. The molecule has 3 aromatic rings. The Morgan fingerprint density at radius 1 is 1.10 bits per heavy atom. The molecule has 16 heteroatoms. The minimum Gasteiger partial charge on any atom is -0.378 e. The van der Waals surface area contributed by atoms with Crippen molar-refractivity contribution in [1.82, 2.24) is 29.4 Å². The summed E-state index contributed by atoms with van der Waals surface area (Å²) >= 11 is -0.750. The number of ether oxygens (including phenoxy) is 1. The van der Waals surface area contributed by atoms with Gasteiger partial charge < -0.3 is 19.9 Å². The molecule has 12 nitrogen and oxygen atoms in total. The second kappa shape index (κ2) is 14.1. The lowest BCUT2D eigenvalue weighted by molar-refractivity contribution is -0.137. The zero-order chi connectivity index (χ0) is 30.3. The lowest BCUT2D eigenvalue weighted by Crippen LogP contribution is -2.43. The van der Waals surface area contributed by atoms with Crippen molar-refractivity contribution in [2.45, 2.75) is 32.5 Å². The van der Waals surface area contributed by atoms with Crippen molar-refractivity contribution in [3.8, 4) is 11.4 Å². The molecule has 3 aromatic heterocycles. The molecule has 0 aromatic carbocycles. The molecule has 0 spiro atoms. The number of fused-ring (bicyclic) bond motifs is 1. The van der Waals surface area contributed by atoms with Gasteiger partial charge in [-0.3, -0.25) is 9.69 Å². The third kappa shape index (κ3) is 7.87. The summed E-state index contributed by atoms with van der Waals surface area (Å²) < 4.78 is 66.4. The maximum Gasteiger partial charge on any atom is 0.417 e. The summed E-state index contributed by atoms with van der Waals surface area (Å²) in [7, 11) is 2.10. The van der Waals surface area contributed by atoms with Gasteiger partial charge in [-0.05, 0) is 31.2 Å². The lowest BCUT2D eigenvalue weighted by Gasteiger charge is -2.32. The number of alkyl halides is 3. The van der Waals surface area contributed by atoms with Crippen LogP contribution >= 0.6 is 0 Å². The number of morpholine rings is 1. The van der Waals surface area contributed by atoms with E-state index >= 15 is 0 Å². The molecule has 2 fully saturated rings. The highest BCUT2D eigenvalue weighted by Crippen LogP contribution is 2.38. The number of halogens is 3. The van der Waals surface area contributed by atoms with Crippen LogP contribution in [-0.4, -0.2) is 103 Å². The molecule has 0 bridgehead atoms. The normalized spacial score (nSPS) is 16.6. The third-order valence-electron chi connectivity index (χ3n) is 7.01. The average molecular weight is 611 g/mol. The zero-order valence-corrected chi connectivity index (χ0v) is 24.2. The molecule has 2 aliphatic heterocycles. The Morgan fingerprint density at radius 3 is 2.43 bits per heavy atom. The molecule has 42 heavy (non-hydrogen) atoms. The Labute approximate surface area is 244 Å². The van der Waals surface area contributed by atoms with Crippen molar-refractivity contribution in [3.63, 3.8) is 0 Å². The molecule has 0 unspecified atom stereocenters. The van der Waals surface area contributed by atoms with E-state index in [9.17, 15) is 18.0 Å². The molecule has 0 radical (unpaired) electrons. The summed E-state index contributed by atoms with van der Waals surface area (Å²) in [4.78, 5) is 27.4. The summed E-state index contributed by atoms with van der Waals surface area (Å²) in [5.41, 5.74) is 0.543. The monoisotopic (exact) mass is 610 g/mol. The largest absolute Gasteiger partial charge is 0.417 e. The van der Waals surface area contributed by atoms with E-state index in [-0.39, 0.29) is 23.6 Å². The molecular weight excluding hydrogens is 577 g/mol. The molecule has 2 aliphatic rings. The number of piperazine rings is 1. The predicted molar refractivity (Wildman–Crippen MR) is 149 cm³/mol. The van der Waals surface area contributed by atoms with E-state index in [0.717, 1.165) is 56.1 Å². The fourth-order valence-corrected chi connectivity index (χ4v) is 4.88. The molecule has 1 N–H and O–H groups in total. The van der Waals surface area contributed by atoms with Crippen LogP contribution in [0.3, 0.4) is 0 Å². The summed E-state index contributed by atoms with van der Waals surface area (Å²) in [5.74, 6) is -0.0776. The van der Waals surface area contributed by atoms with Crippen molar-refractivity contribution < 1.29 is 31.1 Å². The first-order valence-corrected chi connectivity index (χ1v) is 14.2. The van der Waals surface area contributed by atoms with Gasteiger partial charge in [-0.15, -0.1) is 5.10 Å². The number of aromatic nitrogens is 4. The number of nitrogens with one attached hydrogen (secondary N) is 1.